The number of nitrogens with one attached hydrogen (secondary N) is 1. The maximum Gasteiger partial charge on any atom is 0.325 e. The Hall–Kier alpha value is -0.790. The Kier molecular flexibility index (Phi) is 5.47. The summed E-state index contributed by atoms with van der Waals surface area (Å²) in [5.74, 6) is 0.116. The molecule has 4 nitrogen and oxygen atoms in total. The minimum atomic E-state index is -0.863. The summed E-state index contributed by atoms with van der Waals surface area (Å²) in [6.45, 7) is 0. The van der Waals surface area contributed by atoms with Crippen molar-refractivity contribution in [2.45, 2.75) is 18.4 Å². The van der Waals surface area contributed by atoms with Crippen LogP contribution in [0.1, 0.15) is 6.42 Å². The highest BCUT2D eigenvalue weighted by Crippen LogP contribution is 2.30. The average molecular weight is 298 g/mol. The van der Waals surface area contributed by atoms with E-state index in [1.165, 1.54) is 11.3 Å². The van der Waals surface area contributed by atoms with Crippen LogP contribution < -0.4 is 16.0 Å². The number of hydroxylamine groups is 1. The number of rotatable bonds is 6. The van der Waals surface area contributed by atoms with Gasteiger partial charge in [0.2, 0.25) is 0 Å². The minimum absolute atomic E-state index is 0.194. The van der Waals surface area contributed by atoms with E-state index < -0.39 is 5.91 Å². The van der Waals surface area contributed by atoms with Gasteiger partial charge in [-0.3, -0.25) is 0 Å². The third-order valence-corrected chi connectivity index (χ3v) is 4.00. The molecule has 0 saturated carbocycles. The third-order valence-electron chi connectivity index (χ3n) is 2.62. The van der Waals surface area contributed by atoms with Gasteiger partial charge in [-0.15, -0.1) is 16.8 Å². The maximum atomic E-state index is 6.11. The number of nitrogens with two attached hydrogens (primary N) is 1. The fraction of sp³-hybridized carbons (Fsp3) is 0.385. The van der Waals surface area contributed by atoms with Crippen LogP contribution in [0.25, 0.3) is 0 Å². The monoisotopic (exact) mass is 298 g/mol. The average Bonchev–Trinajstić information content (AvgIpc) is 3.16. The van der Waals surface area contributed by atoms with E-state index in [2.05, 4.69) is 11.7 Å². The van der Waals surface area contributed by atoms with E-state index in [4.69, 9.17) is 15.3 Å². The highest BCUT2D eigenvalue weighted by atomic mass is 32.2. The molecular weight excluding hydrogens is 280 g/mol. The second kappa shape index (κ2) is 7.12. The fourth-order valence-corrected chi connectivity index (χ4v) is 2.60. The Morgan fingerprint density at radius 1 is 1.42 bits per heavy atom. The Bertz CT molecular complexity index is 424. The number of hydrogen-bond acceptors (Lipinski definition) is 6. The fourth-order valence-electron chi connectivity index (χ4n) is 1.48. The zero-order valence-electron chi connectivity index (χ0n) is 10.7. The van der Waals surface area contributed by atoms with Crippen LogP contribution in [0, 0.1) is 0 Å². The van der Waals surface area contributed by atoms with Gasteiger partial charge >= 0.3 is 5.91 Å². The summed E-state index contributed by atoms with van der Waals surface area (Å²) in [5.41, 5.74) is 8.89. The van der Waals surface area contributed by atoms with E-state index in [-0.39, 0.29) is 6.04 Å². The summed E-state index contributed by atoms with van der Waals surface area (Å²) in [6, 6.07) is 11.5. The van der Waals surface area contributed by atoms with Gasteiger partial charge < -0.3 is 10.5 Å². The topological polar surface area (TPSA) is 69.7 Å². The summed E-state index contributed by atoms with van der Waals surface area (Å²) in [4.78, 5) is 5.24. The van der Waals surface area contributed by atoms with E-state index in [1.54, 1.807) is 11.8 Å². The summed E-state index contributed by atoms with van der Waals surface area (Å²) >= 11 is 3.25. The highest BCUT2D eigenvalue weighted by molar-refractivity contribution is 7.98. The standard InChI is InChI=1S/C13H18N2O2S2/c1-18-10-8-11(14)13(15-17-13)16-12-7-5-3-2-4-6-9-19-12/h2-7,9,11,15H,8,10,14H2,1H3/t11-,13?/m0/s1. The predicted octanol–water partition coefficient (Wildman–Crippen LogP) is 2.52. The zero-order valence-corrected chi connectivity index (χ0v) is 12.4. The molecule has 3 N–H and O–H groups in total. The maximum absolute atomic E-state index is 6.11. The lowest BCUT2D eigenvalue weighted by Gasteiger charge is -2.18. The SMILES string of the molecule is CSCC[C@H](N)C1(Oc2cccccccs2)NO1. The van der Waals surface area contributed by atoms with Gasteiger partial charge in [0.15, 0.2) is 5.06 Å². The summed E-state index contributed by atoms with van der Waals surface area (Å²) in [5, 5.41) is 2.71. The van der Waals surface area contributed by atoms with Crippen molar-refractivity contribution < 1.29 is 9.57 Å². The van der Waals surface area contributed by atoms with Gasteiger partial charge in [0.25, 0.3) is 0 Å². The molecule has 1 saturated heterocycles. The Morgan fingerprint density at radius 2 is 2.16 bits per heavy atom. The van der Waals surface area contributed by atoms with Gasteiger partial charge in [0.1, 0.15) is 0 Å². The molecule has 2 heterocycles. The van der Waals surface area contributed by atoms with Crippen molar-refractivity contribution in [1.82, 2.24) is 5.48 Å². The first-order valence-electron chi connectivity index (χ1n) is 6.02. The molecule has 1 aromatic heterocycles. The molecule has 1 fully saturated rings. The van der Waals surface area contributed by atoms with Crippen molar-refractivity contribution in [3.8, 4) is 5.06 Å². The molecule has 1 unspecified atom stereocenters. The van der Waals surface area contributed by atoms with E-state index in [9.17, 15) is 0 Å². The molecule has 0 aliphatic carbocycles. The van der Waals surface area contributed by atoms with Gasteiger partial charge in [-0.1, -0.05) is 30.3 Å². The first-order chi connectivity index (χ1) is 9.27. The van der Waals surface area contributed by atoms with Gasteiger partial charge in [-0.2, -0.15) is 11.8 Å². The normalized spacial score (nSPS) is 22.4. The van der Waals surface area contributed by atoms with Crippen molar-refractivity contribution in [3.63, 3.8) is 0 Å². The van der Waals surface area contributed by atoms with Crippen LogP contribution in [0.15, 0.2) is 41.8 Å². The molecule has 1 aromatic rings. The van der Waals surface area contributed by atoms with Crippen LogP contribution in [-0.4, -0.2) is 24.0 Å². The smallest absolute Gasteiger partial charge is 0.325 e. The minimum Gasteiger partial charge on any atom is -0.435 e. The Morgan fingerprint density at radius 3 is 2.89 bits per heavy atom. The van der Waals surface area contributed by atoms with Gasteiger partial charge in [-0.25, -0.2) is 4.84 Å². The van der Waals surface area contributed by atoms with Crippen LogP contribution in [0.2, 0.25) is 0 Å². The van der Waals surface area contributed by atoms with Crippen LogP contribution in [-0.2, 0) is 4.84 Å². The van der Waals surface area contributed by atoms with E-state index >= 15 is 0 Å². The first-order valence-corrected chi connectivity index (χ1v) is 8.30. The summed E-state index contributed by atoms with van der Waals surface area (Å²) < 4.78 is 5.87. The molecule has 0 radical (unpaired) electrons. The largest absolute Gasteiger partial charge is 0.435 e. The quantitative estimate of drug-likeness (QED) is 0.790. The van der Waals surface area contributed by atoms with E-state index in [0.717, 1.165) is 17.2 Å². The molecule has 104 valence electrons. The molecule has 0 amide bonds. The molecule has 1 aliphatic heterocycles. The Labute approximate surface area is 121 Å². The van der Waals surface area contributed by atoms with Crippen LogP contribution in [0.5, 0.6) is 5.06 Å². The molecule has 2 rings (SSSR count). The molecule has 0 bridgehead atoms. The van der Waals surface area contributed by atoms with Crippen LogP contribution in [0.3, 0.4) is 0 Å². The highest BCUT2D eigenvalue weighted by Gasteiger charge is 2.54. The molecule has 0 spiro atoms. The van der Waals surface area contributed by atoms with E-state index in [1.807, 2.05) is 41.8 Å². The van der Waals surface area contributed by atoms with Crippen molar-refractivity contribution >= 4 is 23.1 Å². The van der Waals surface area contributed by atoms with Gasteiger partial charge in [0.05, 0.1) is 6.04 Å². The molecular formula is C13H18N2O2S2. The Balaban J connectivity index is 2.06. The summed E-state index contributed by atoms with van der Waals surface area (Å²) in [6.07, 6.45) is 2.89. The van der Waals surface area contributed by atoms with Crippen molar-refractivity contribution in [1.29, 1.82) is 0 Å². The lowest BCUT2D eigenvalue weighted by Crippen LogP contribution is -2.45. The molecule has 6 heteroatoms. The van der Waals surface area contributed by atoms with Crippen LogP contribution in [0.4, 0.5) is 0 Å². The van der Waals surface area contributed by atoms with Crippen molar-refractivity contribution in [3.05, 3.63) is 41.8 Å². The first kappa shape index (κ1) is 14.6. The second-order valence-electron chi connectivity index (χ2n) is 4.06. The zero-order chi connectivity index (χ0) is 13.6. The number of thioether (sulfide) groups is 1. The van der Waals surface area contributed by atoms with Gasteiger partial charge in [-0.05, 0) is 29.9 Å². The molecule has 19 heavy (non-hydrogen) atoms. The van der Waals surface area contributed by atoms with Gasteiger partial charge in [0, 0.05) is 0 Å². The van der Waals surface area contributed by atoms with E-state index in [0.29, 0.717) is 0 Å². The lowest BCUT2D eigenvalue weighted by atomic mass is 10.2. The predicted molar refractivity (Wildman–Crippen MR) is 80.5 cm³/mol. The molecule has 1 aliphatic rings. The third kappa shape index (κ3) is 4.36. The lowest BCUT2D eigenvalue weighted by molar-refractivity contribution is 0.0399. The second-order valence-corrected chi connectivity index (χ2v) is 5.96. The van der Waals surface area contributed by atoms with Crippen molar-refractivity contribution in [2.75, 3.05) is 12.0 Å². The molecule has 2 atom stereocenters. The number of hydrogen-bond donors (Lipinski definition) is 2. The number of ether oxygens (including phenoxy) is 1. The van der Waals surface area contributed by atoms with Crippen LogP contribution >= 0.6 is 23.1 Å². The van der Waals surface area contributed by atoms with Crippen molar-refractivity contribution in [2.24, 2.45) is 5.73 Å². The molecule has 0 aromatic carbocycles. The summed E-state index contributed by atoms with van der Waals surface area (Å²) in [7, 11) is 0.